The van der Waals surface area contributed by atoms with Gasteiger partial charge in [0.05, 0.1) is 7.11 Å². The minimum atomic E-state index is -0.0612. The molecule has 1 atom stereocenters. The van der Waals surface area contributed by atoms with Crippen molar-refractivity contribution in [2.24, 2.45) is 5.92 Å². The van der Waals surface area contributed by atoms with Crippen LogP contribution >= 0.6 is 0 Å². The Bertz CT molecular complexity index is 692. The summed E-state index contributed by atoms with van der Waals surface area (Å²) in [5.74, 6) is 0.973. The van der Waals surface area contributed by atoms with Crippen LogP contribution in [0.25, 0.3) is 0 Å². The molecule has 2 rings (SSSR count). The van der Waals surface area contributed by atoms with Gasteiger partial charge in [0, 0.05) is 18.0 Å². The first kappa shape index (κ1) is 18.2. The first-order valence-electron chi connectivity index (χ1n) is 8.31. The number of carbonyl (C=O) groups excluding carboxylic acids is 1. The van der Waals surface area contributed by atoms with E-state index in [0.29, 0.717) is 0 Å². The predicted octanol–water partition coefficient (Wildman–Crippen LogP) is 3.92. The van der Waals surface area contributed by atoms with E-state index in [0.717, 1.165) is 35.4 Å². The van der Waals surface area contributed by atoms with Gasteiger partial charge in [-0.2, -0.15) is 0 Å². The molecule has 2 aromatic carbocycles. The van der Waals surface area contributed by atoms with Gasteiger partial charge in [0.25, 0.3) is 0 Å². The lowest BCUT2D eigenvalue weighted by molar-refractivity contribution is 0.0896. The number of ketones is 1. The highest BCUT2D eigenvalue weighted by atomic mass is 16.5. The van der Waals surface area contributed by atoms with Crippen molar-refractivity contribution in [3.63, 3.8) is 0 Å². The van der Waals surface area contributed by atoms with Crippen molar-refractivity contribution in [3.8, 4) is 5.75 Å². The summed E-state index contributed by atoms with van der Waals surface area (Å²) in [6.45, 7) is 4.74. The zero-order valence-electron chi connectivity index (χ0n) is 15.3. The highest BCUT2D eigenvalue weighted by Crippen LogP contribution is 2.26. The molecule has 0 saturated heterocycles. The molecule has 0 radical (unpaired) electrons. The largest absolute Gasteiger partial charge is 0.496 e. The molecule has 0 unspecified atom stereocenters. The summed E-state index contributed by atoms with van der Waals surface area (Å²) in [6, 6.07) is 14.0. The SMILES string of the molecule is COc1ccc(C(=O)[C@@H](Cc2ccccc2)CN(C)C)c(C)c1C. The van der Waals surface area contributed by atoms with E-state index in [1.807, 2.05) is 58.3 Å². The molecule has 0 aliphatic heterocycles. The number of hydrogen-bond donors (Lipinski definition) is 0. The molecule has 0 N–H and O–H groups in total. The maximum Gasteiger partial charge on any atom is 0.167 e. The molecule has 24 heavy (non-hydrogen) atoms. The number of rotatable bonds is 7. The summed E-state index contributed by atoms with van der Waals surface area (Å²) >= 11 is 0. The van der Waals surface area contributed by atoms with Gasteiger partial charge in [-0.05, 0) is 63.2 Å². The summed E-state index contributed by atoms with van der Waals surface area (Å²) in [6.07, 6.45) is 0.752. The third-order valence-electron chi connectivity index (χ3n) is 4.50. The van der Waals surface area contributed by atoms with E-state index in [1.54, 1.807) is 7.11 Å². The lowest BCUT2D eigenvalue weighted by Gasteiger charge is -2.22. The van der Waals surface area contributed by atoms with Crippen LogP contribution in [0.5, 0.6) is 5.75 Å². The van der Waals surface area contributed by atoms with Gasteiger partial charge in [-0.1, -0.05) is 30.3 Å². The van der Waals surface area contributed by atoms with Crippen LogP contribution in [0, 0.1) is 19.8 Å². The van der Waals surface area contributed by atoms with Crippen LogP contribution < -0.4 is 4.74 Å². The van der Waals surface area contributed by atoms with E-state index in [1.165, 1.54) is 5.56 Å². The average molecular weight is 325 g/mol. The first-order chi connectivity index (χ1) is 11.4. The number of nitrogens with zero attached hydrogens (tertiary/aromatic N) is 1. The van der Waals surface area contributed by atoms with E-state index in [4.69, 9.17) is 4.74 Å². The lowest BCUT2D eigenvalue weighted by Crippen LogP contribution is -2.30. The van der Waals surface area contributed by atoms with Gasteiger partial charge in [-0.3, -0.25) is 4.79 Å². The van der Waals surface area contributed by atoms with Crippen molar-refractivity contribution in [1.82, 2.24) is 4.90 Å². The van der Waals surface area contributed by atoms with E-state index in [2.05, 4.69) is 17.0 Å². The molecular weight excluding hydrogens is 298 g/mol. The van der Waals surface area contributed by atoms with Crippen LogP contribution in [-0.2, 0) is 6.42 Å². The summed E-state index contributed by atoms with van der Waals surface area (Å²) < 4.78 is 5.36. The van der Waals surface area contributed by atoms with Crippen molar-refractivity contribution in [2.45, 2.75) is 20.3 Å². The van der Waals surface area contributed by atoms with Gasteiger partial charge >= 0.3 is 0 Å². The molecule has 0 saturated carbocycles. The maximum absolute atomic E-state index is 13.2. The number of carbonyl (C=O) groups is 1. The van der Waals surface area contributed by atoms with Crippen LogP contribution in [0.15, 0.2) is 42.5 Å². The quantitative estimate of drug-likeness (QED) is 0.723. The molecule has 0 aliphatic carbocycles. The Balaban J connectivity index is 2.32. The van der Waals surface area contributed by atoms with Crippen LogP contribution in [-0.4, -0.2) is 38.4 Å². The van der Waals surface area contributed by atoms with E-state index in [-0.39, 0.29) is 11.7 Å². The van der Waals surface area contributed by atoms with E-state index in [9.17, 15) is 4.79 Å². The van der Waals surface area contributed by atoms with Gasteiger partial charge in [0.1, 0.15) is 5.75 Å². The van der Waals surface area contributed by atoms with Crippen molar-refractivity contribution in [2.75, 3.05) is 27.7 Å². The van der Waals surface area contributed by atoms with Gasteiger partial charge in [-0.25, -0.2) is 0 Å². The number of ether oxygens (including phenoxy) is 1. The lowest BCUT2D eigenvalue weighted by atomic mass is 9.88. The van der Waals surface area contributed by atoms with Crippen molar-refractivity contribution in [1.29, 1.82) is 0 Å². The molecular formula is C21H27NO2. The van der Waals surface area contributed by atoms with Crippen LogP contribution in [0.4, 0.5) is 0 Å². The molecule has 0 amide bonds. The van der Waals surface area contributed by atoms with Crippen LogP contribution in [0.2, 0.25) is 0 Å². The topological polar surface area (TPSA) is 29.5 Å². The minimum Gasteiger partial charge on any atom is -0.496 e. The number of methoxy groups -OCH3 is 1. The zero-order chi connectivity index (χ0) is 17.7. The van der Waals surface area contributed by atoms with Crippen LogP contribution in [0.1, 0.15) is 27.0 Å². The monoisotopic (exact) mass is 325 g/mol. The van der Waals surface area contributed by atoms with Crippen molar-refractivity contribution < 1.29 is 9.53 Å². The third kappa shape index (κ3) is 4.24. The fourth-order valence-corrected chi connectivity index (χ4v) is 3.08. The van der Waals surface area contributed by atoms with Gasteiger partial charge < -0.3 is 9.64 Å². The smallest absolute Gasteiger partial charge is 0.167 e. The molecule has 0 aromatic heterocycles. The third-order valence-corrected chi connectivity index (χ3v) is 4.50. The van der Waals surface area contributed by atoms with E-state index >= 15 is 0 Å². The Hall–Kier alpha value is -2.13. The maximum atomic E-state index is 13.2. The summed E-state index contributed by atoms with van der Waals surface area (Å²) in [5.41, 5.74) is 4.04. The number of hydrogen-bond acceptors (Lipinski definition) is 3. The van der Waals surface area contributed by atoms with Gasteiger partial charge in [0.2, 0.25) is 0 Å². The first-order valence-corrected chi connectivity index (χ1v) is 8.31. The Kier molecular flexibility index (Phi) is 6.16. The average Bonchev–Trinajstić information content (AvgIpc) is 2.56. The highest BCUT2D eigenvalue weighted by molar-refractivity contribution is 6.00. The summed E-state index contributed by atoms with van der Waals surface area (Å²) in [5, 5.41) is 0. The molecule has 0 bridgehead atoms. The second-order valence-corrected chi connectivity index (χ2v) is 6.58. The Morgan fingerprint density at radius 1 is 1.04 bits per heavy atom. The molecule has 0 fully saturated rings. The fraction of sp³-hybridized carbons (Fsp3) is 0.381. The van der Waals surface area contributed by atoms with Gasteiger partial charge in [0.15, 0.2) is 5.78 Å². The molecule has 0 spiro atoms. The summed E-state index contributed by atoms with van der Waals surface area (Å²) in [4.78, 5) is 15.3. The van der Waals surface area contributed by atoms with Gasteiger partial charge in [-0.15, -0.1) is 0 Å². The molecule has 3 nitrogen and oxygen atoms in total. The molecule has 0 aliphatic rings. The second kappa shape index (κ2) is 8.11. The Labute approximate surface area is 145 Å². The van der Waals surface area contributed by atoms with Crippen molar-refractivity contribution >= 4 is 5.78 Å². The standard InChI is InChI=1S/C21H27NO2/c1-15-16(2)20(24-5)12-11-19(15)21(23)18(14-22(3)4)13-17-9-7-6-8-10-17/h6-12,18H,13-14H2,1-5H3/t18-/m0/s1. The molecule has 2 aromatic rings. The minimum absolute atomic E-state index is 0.0612. The number of Topliss-reactive ketones (excluding diaryl/α,β-unsaturated/α-hetero) is 1. The molecule has 3 heteroatoms. The molecule has 0 heterocycles. The zero-order valence-corrected chi connectivity index (χ0v) is 15.3. The summed E-state index contributed by atoms with van der Waals surface area (Å²) in [7, 11) is 5.68. The number of benzene rings is 2. The fourth-order valence-electron chi connectivity index (χ4n) is 3.08. The molecule has 128 valence electrons. The normalized spacial score (nSPS) is 12.2. The van der Waals surface area contributed by atoms with E-state index < -0.39 is 0 Å². The Morgan fingerprint density at radius 3 is 2.29 bits per heavy atom. The van der Waals surface area contributed by atoms with Crippen LogP contribution in [0.3, 0.4) is 0 Å². The van der Waals surface area contributed by atoms with Crippen molar-refractivity contribution in [3.05, 3.63) is 64.7 Å². The Morgan fingerprint density at radius 2 is 1.71 bits per heavy atom. The highest BCUT2D eigenvalue weighted by Gasteiger charge is 2.23. The second-order valence-electron chi connectivity index (χ2n) is 6.58. The predicted molar refractivity (Wildman–Crippen MR) is 99.0 cm³/mol.